The van der Waals surface area contributed by atoms with E-state index in [-0.39, 0.29) is 5.97 Å². The molecule has 0 aromatic heterocycles. The Morgan fingerprint density at radius 3 is 2.64 bits per heavy atom. The monoisotopic (exact) mass is 386 g/mol. The molecule has 0 spiro atoms. The van der Waals surface area contributed by atoms with Crippen LogP contribution in [0.25, 0.3) is 0 Å². The third-order valence-electron chi connectivity index (χ3n) is 5.79. The summed E-state index contributed by atoms with van der Waals surface area (Å²) >= 11 is 0. The maximum absolute atomic E-state index is 11.5. The second-order valence-corrected chi connectivity index (χ2v) is 7.76. The molecule has 6 nitrogen and oxygen atoms in total. The zero-order valence-corrected chi connectivity index (χ0v) is 17.2. The van der Waals surface area contributed by atoms with Crippen molar-refractivity contribution in [2.45, 2.75) is 57.5 Å². The molecule has 2 N–H and O–H groups in total. The summed E-state index contributed by atoms with van der Waals surface area (Å²) in [6.07, 6.45) is 7.56. The van der Waals surface area contributed by atoms with Gasteiger partial charge in [-0.15, -0.1) is 0 Å². The van der Waals surface area contributed by atoms with Crippen LogP contribution in [-0.2, 0) is 11.2 Å². The van der Waals surface area contributed by atoms with Crippen molar-refractivity contribution in [1.82, 2.24) is 15.5 Å². The molecule has 6 heteroatoms. The topological polar surface area (TPSA) is 66.0 Å². The quantitative estimate of drug-likeness (QED) is 0.428. The Bertz CT molecular complexity index is 653. The molecule has 1 aliphatic heterocycles. The molecule has 1 saturated carbocycles. The standard InChI is InChI=1S/C22H34N4O2/c1-3-23-22(25-19-13-15-26(16-19)20-6-4-5-7-20)24-14-12-17-8-10-18(11-9-17)21(27)28-2/h8-11,19-20H,3-7,12-16H2,1-2H3,(H2,23,24,25). The molecular weight excluding hydrogens is 352 g/mol. The number of benzene rings is 1. The van der Waals surface area contributed by atoms with Gasteiger partial charge in [-0.25, -0.2) is 4.79 Å². The minimum Gasteiger partial charge on any atom is -0.465 e. The number of likely N-dealkylation sites (tertiary alicyclic amines) is 1. The van der Waals surface area contributed by atoms with Crippen molar-refractivity contribution in [1.29, 1.82) is 0 Å². The molecule has 1 atom stereocenters. The van der Waals surface area contributed by atoms with E-state index in [4.69, 9.17) is 9.73 Å². The van der Waals surface area contributed by atoms with Crippen LogP contribution in [0.3, 0.4) is 0 Å². The maximum atomic E-state index is 11.5. The van der Waals surface area contributed by atoms with E-state index in [0.717, 1.165) is 31.5 Å². The SMILES string of the molecule is CCNC(=NCCc1ccc(C(=O)OC)cc1)NC1CCN(C2CCCC2)C1. The Morgan fingerprint density at radius 1 is 1.21 bits per heavy atom. The van der Waals surface area contributed by atoms with Gasteiger partial charge in [-0.1, -0.05) is 25.0 Å². The van der Waals surface area contributed by atoms with Gasteiger partial charge >= 0.3 is 5.97 Å². The van der Waals surface area contributed by atoms with Crippen molar-refractivity contribution in [3.05, 3.63) is 35.4 Å². The van der Waals surface area contributed by atoms with Crippen LogP contribution >= 0.6 is 0 Å². The Balaban J connectivity index is 1.48. The molecule has 3 rings (SSSR count). The van der Waals surface area contributed by atoms with Crippen LogP contribution in [0.15, 0.2) is 29.3 Å². The molecule has 1 saturated heterocycles. The number of hydrogen-bond donors (Lipinski definition) is 2. The summed E-state index contributed by atoms with van der Waals surface area (Å²) in [6, 6.07) is 8.85. The van der Waals surface area contributed by atoms with Crippen LogP contribution in [0, 0.1) is 0 Å². The summed E-state index contributed by atoms with van der Waals surface area (Å²) in [5.41, 5.74) is 1.75. The summed E-state index contributed by atoms with van der Waals surface area (Å²) in [4.78, 5) is 18.9. The zero-order chi connectivity index (χ0) is 19.8. The van der Waals surface area contributed by atoms with Gasteiger partial charge in [-0.05, 0) is 50.3 Å². The number of nitrogens with one attached hydrogen (secondary N) is 2. The van der Waals surface area contributed by atoms with E-state index in [1.165, 1.54) is 51.3 Å². The van der Waals surface area contributed by atoms with Gasteiger partial charge in [0.2, 0.25) is 0 Å². The van der Waals surface area contributed by atoms with E-state index in [2.05, 4.69) is 22.5 Å². The van der Waals surface area contributed by atoms with Crippen molar-refractivity contribution < 1.29 is 9.53 Å². The largest absolute Gasteiger partial charge is 0.465 e. The summed E-state index contributed by atoms with van der Waals surface area (Å²) < 4.78 is 4.74. The molecule has 1 aromatic rings. The molecule has 1 heterocycles. The van der Waals surface area contributed by atoms with E-state index >= 15 is 0 Å². The van der Waals surface area contributed by atoms with Gasteiger partial charge in [0.1, 0.15) is 0 Å². The lowest BCUT2D eigenvalue weighted by Crippen LogP contribution is -2.45. The minimum absolute atomic E-state index is 0.300. The van der Waals surface area contributed by atoms with Gasteiger partial charge in [0.15, 0.2) is 5.96 Å². The van der Waals surface area contributed by atoms with Crippen molar-refractivity contribution in [3.63, 3.8) is 0 Å². The number of guanidine groups is 1. The van der Waals surface area contributed by atoms with Crippen LogP contribution in [0.5, 0.6) is 0 Å². The number of methoxy groups -OCH3 is 1. The number of carbonyl (C=O) groups is 1. The second-order valence-electron chi connectivity index (χ2n) is 7.76. The molecule has 0 bridgehead atoms. The summed E-state index contributed by atoms with van der Waals surface area (Å²) in [7, 11) is 1.40. The molecule has 1 aliphatic carbocycles. The normalized spacial score (nSPS) is 21.1. The van der Waals surface area contributed by atoms with Crippen LogP contribution in [0.2, 0.25) is 0 Å². The maximum Gasteiger partial charge on any atom is 0.337 e. The fourth-order valence-corrected chi connectivity index (χ4v) is 4.24. The third kappa shape index (κ3) is 5.71. The number of carbonyl (C=O) groups excluding carboxylic acids is 1. The van der Waals surface area contributed by atoms with Crippen molar-refractivity contribution in [2.24, 2.45) is 4.99 Å². The highest BCUT2D eigenvalue weighted by atomic mass is 16.5. The molecule has 28 heavy (non-hydrogen) atoms. The number of rotatable bonds is 7. The Labute approximate surface area is 168 Å². The Hall–Kier alpha value is -2.08. The van der Waals surface area contributed by atoms with E-state index in [1.807, 2.05) is 24.3 Å². The number of ether oxygens (including phenoxy) is 1. The van der Waals surface area contributed by atoms with E-state index in [0.29, 0.717) is 18.2 Å². The average molecular weight is 387 g/mol. The molecule has 1 unspecified atom stereocenters. The first-order valence-corrected chi connectivity index (χ1v) is 10.7. The van der Waals surface area contributed by atoms with Crippen molar-refractivity contribution >= 4 is 11.9 Å². The molecule has 1 aromatic carbocycles. The molecule has 2 aliphatic rings. The highest BCUT2D eigenvalue weighted by molar-refractivity contribution is 5.89. The van der Waals surface area contributed by atoms with Gasteiger partial charge in [0.25, 0.3) is 0 Å². The highest BCUT2D eigenvalue weighted by Gasteiger charge is 2.30. The Morgan fingerprint density at radius 2 is 1.96 bits per heavy atom. The van der Waals surface area contributed by atoms with E-state index in [1.54, 1.807) is 0 Å². The average Bonchev–Trinajstić information content (AvgIpc) is 3.40. The molecule has 154 valence electrons. The number of aliphatic imine (C=N–C) groups is 1. The molecule has 0 amide bonds. The lowest BCUT2D eigenvalue weighted by atomic mass is 10.1. The van der Waals surface area contributed by atoms with Crippen LogP contribution < -0.4 is 10.6 Å². The molecular formula is C22H34N4O2. The number of hydrogen-bond acceptors (Lipinski definition) is 4. The number of esters is 1. The zero-order valence-electron chi connectivity index (χ0n) is 17.2. The molecule has 2 fully saturated rings. The minimum atomic E-state index is -0.300. The first-order valence-electron chi connectivity index (χ1n) is 10.7. The van der Waals surface area contributed by atoms with Crippen LogP contribution in [0.4, 0.5) is 0 Å². The van der Waals surface area contributed by atoms with Crippen LogP contribution in [-0.4, -0.2) is 62.2 Å². The van der Waals surface area contributed by atoms with Gasteiger partial charge in [-0.2, -0.15) is 0 Å². The summed E-state index contributed by atoms with van der Waals surface area (Å²) in [5, 5.41) is 7.00. The predicted molar refractivity (Wildman–Crippen MR) is 113 cm³/mol. The number of nitrogens with zero attached hydrogens (tertiary/aromatic N) is 2. The highest BCUT2D eigenvalue weighted by Crippen LogP contribution is 2.26. The fourth-order valence-electron chi connectivity index (χ4n) is 4.24. The van der Waals surface area contributed by atoms with Gasteiger partial charge in [0.05, 0.1) is 12.7 Å². The first-order chi connectivity index (χ1) is 13.7. The predicted octanol–water partition coefficient (Wildman–Crippen LogP) is 2.59. The van der Waals surface area contributed by atoms with E-state index < -0.39 is 0 Å². The lowest BCUT2D eigenvalue weighted by Gasteiger charge is -2.24. The van der Waals surface area contributed by atoms with Crippen molar-refractivity contribution in [3.8, 4) is 0 Å². The second kappa shape index (κ2) is 10.5. The fraction of sp³-hybridized carbons (Fsp3) is 0.636. The molecule has 0 radical (unpaired) electrons. The summed E-state index contributed by atoms with van der Waals surface area (Å²) in [5.74, 6) is 0.610. The summed E-state index contributed by atoms with van der Waals surface area (Å²) in [6.45, 7) is 6.01. The lowest BCUT2D eigenvalue weighted by molar-refractivity contribution is 0.0600. The third-order valence-corrected chi connectivity index (χ3v) is 5.79. The smallest absolute Gasteiger partial charge is 0.337 e. The van der Waals surface area contributed by atoms with E-state index in [9.17, 15) is 4.79 Å². The Kier molecular flexibility index (Phi) is 7.71. The van der Waals surface area contributed by atoms with Gasteiger partial charge in [-0.3, -0.25) is 9.89 Å². The van der Waals surface area contributed by atoms with Crippen molar-refractivity contribution in [2.75, 3.05) is 33.3 Å². The van der Waals surface area contributed by atoms with Crippen LogP contribution in [0.1, 0.15) is 54.9 Å². The van der Waals surface area contributed by atoms with Gasteiger partial charge in [0, 0.05) is 38.3 Å². The van der Waals surface area contributed by atoms with Gasteiger partial charge < -0.3 is 15.4 Å². The first kappa shape index (κ1) is 20.6.